The standard InChI is InChI=1S/C28H35NO2/c1-4-28(2,3)24-12-16-26(17-13-24)31-22-20-29-25-14-18-27(19-15-25)30-21-8-11-23-9-6-5-7-10-23/h5-7,9-10,12-19,29H,4,8,11,20-22H2,1-3H3. The molecule has 0 aliphatic carbocycles. The Bertz CT molecular complexity index is 887. The summed E-state index contributed by atoms with van der Waals surface area (Å²) >= 11 is 0. The van der Waals surface area contributed by atoms with E-state index in [0.717, 1.165) is 49.6 Å². The Morgan fingerprint density at radius 1 is 0.742 bits per heavy atom. The van der Waals surface area contributed by atoms with Gasteiger partial charge in [0.25, 0.3) is 0 Å². The lowest BCUT2D eigenvalue weighted by atomic mass is 9.82. The fourth-order valence-corrected chi connectivity index (χ4v) is 3.35. The van der Waals surface area contributed by atoms with Gasteiger partial charge in [0, 0.05) is 12.2 Å². The Labute approximate surface area is 187 Å². The van der Waals surface area contributed by atoms with Crippen LogP contribution >= 0.6 is 0 Å². The number of ether oxygens (including phenoxy) is 2. The van der Waals surface area contributed by atoms with E-state index >= 15 is 0 Å². The van der Waals surface area contributed by atoms with Crippen molar-refractivity contribution in [1.29, 1.82) is 0 Å². The van der Waals surface area contributed by atoms with Crippen molar-refractivity contribution in [2.24, 2.45) is 0 Å². The van der Waals surface area contributed by atoms with Gasteiger partial charge >= 0.3 is 0 Å². The van der Waals surface area contributed by atoms with Crippen LogP contribution < -0.4 is 14.8 Å². The highest BCUT2D eigenvalue weighted by Crippen LogP contribution is 2.28. The van der Waals surface area contributed by atoms with Crippen LogP contribution in [0.5, 0.6) is 11.5 Å². The zero-order valence-corrected chi connectivity index (χ0v) is 19.1. The van der Waals surface area contributed by atoms with Gasteiger partial charge in [0.05, 0.1) is 6.61 Å². The summed E-state index contributed by atoms with van der Waals surface area (Å²) < 4.78 is 11.7. The minimum absolute atomic E-state index is 0.206. The largest absolute Gasteiger partial charge is 0.494 e. The molecule has 0 aliphatic rings. The molecule has 0 fully saturated rings. The van der Waals surface area contributed by atoms with Crippen molar-refractivity contribution in [2.45, 2.75) is 45.4 Å². The van der Waals surface area contributed by atoms with Crippen LogP contribution in [0.25, 0.3) is 0 Å². The van der Waals surface area contributed by atoms with E-state index in [0.29, 0.717) is 6.61 Å². The van der Waals surface area contributed by atoms with Crippen LogP contribution in [0.2, 0.25) is 0 Å². The zero-order valence-electron chi connectivity index (χ0n) is 19.1. The monoisotopic (exact) mass is 417 g/mol. The van der Waals surface area contributed by atoms with Gasteiger partial charge in [0.15, 0.2) is 0 Å². The highest BCUT2D eigenvalue weighted by molar-refractivity contribution is 5.46. The Kier molecular flexibility index (Phi) is 8.40. The Balaban J connectivity index is 1.33. The topological polar surface area (TPSA) is 30.5 Å². The zero-order chi connectivity index (χ0) is 21.9. The molecule has 3 rings (SSSR count). The summed E-state index contributed by atoms with van der Waals surface area (Å²) in [6.45, 7) is 8.86. The van der Waals surface area contributed by atoms with E-state index in [1.165, 1.54) is 11.1 Å². The maximum Gasteiger partial charge on any atom is 0.119 e. The minimum Gasteiger partial charge on any atom is -0.494 e. The number of anilines is 1. The van der Waals surface area contributed by atoms with Gasteiger partial charge in [0.2, 0.25) is 0 Å². The van der Waals surface area contributed by atoms with Gasteiger partial charge in [-0.25, -0.2) is 0 Å². The maximum absolute atomic E-state index is 5.87. The molecule has 3 aromatic rings. The van der Waals surface area contributed by atoms with E-state index in [-0.39, 0.29) is 5.41 Å². The first-order valence-corrected chi connectivity index (χ1v) is 11.3. The highest BCUT2D eigenvalue weighted by atomic mass is 16.5. The van der Waals surface area contributed by atoms with E-state index in [2.05, 4.69) is 74.6 Å². The molecule has 3 heteroatoms. The fourth-order valence-electron chi connectivity index (χ4n) is 3.35. The molecule has 0 atom stereocenters. The number of hydrogen-bond acceptors (Lipinski definition) is 3. The lowest BCUT2D eigenvalue weighted by Crippen LogP contribution is -2.15. The number of aryl methyl sites for hydroxylation is 1. The van der Waals surface area contributed by atoms with E-state index in [9.17, 15) is 0 Å². The van der Waals surface area contributed by atoms with Gasteiger partial charge in [-0.3, -0.25) is 0 Å². The summed E-state index contributed by atoms with van der Waals surface area (Å²) in [6.07, 6.45) is 3.17. The van der Waals surface area contributed by atoms with Crippen molar-refractivity contribution < 1.29 is 9.47 Å². The number of benzene rings is 3. The highest BCUT2D eigenvalue weighted by Gasteiger charge is 2.17. The van der Waals surface area contributed by atoms with Crippen LogP contribution in [0.4, 0.5) is 5.69 Å². The van der Waals surface area contributed by atoms with Crippen molar-refractivity contribution in [3.8, 4) is 11.5 Å². The number of nitrogens with one attached hydrogen (secondary N) is 1. The van der Waals surface area contributed by atoms with Gasteiger partial charge in [0.1, 0.15) is 18.1 Å². The molecule has 164 valence electrons. The summed E-state index contributed by atoms with van der Waals surface area (Å²) in [5.41, 5.74) is 3.98. The molecule has 3 nitrogen and oxygen atoms in total. The number of hydrogen-bond donors (Lipinski definition) is 1. The molecule has 0 saturated carbocycles. The summed E-state index contributed by atoms with van der Waals surface area (Å²) in [5.74, 6) is 1.82. The van der Waals surface area contributed by atoms with Gasteiger partial charge in [-0.15, -0.1) is 0 Å². The number of rotatable bonds is 12. The van der Waals surface area contributed by atoms with Crippen LogP contribution in [0.1, 0.15) is 44.7 Å². The first-order valence-electron chi connectivity index (χ1n) is 11.3. The van der Waals surface area contributed by atoms with Crippen molar-refractivity contribution in [3.05, 3.63) is 90.0 Å². The van der Waals surface area contributed by atoms with Crippen LogP contribution in [-0.4, -0.2) is 19.8 Å². The first kappa shape index (κ1) is 22.7. The van der Waals surface area contributed by atoms with E-state index < -0.39 is 0 Å². The summed E-state index contributed by atoms with van der Waals surface area (Å²) in [6, 6.07) is 27.1. The minimum atomic E-state index is 0.206. The normalized spacial score (nSPS) is 11.2. The molecule has 0 aliphatic heterocycles. The second-order valence-corrected chi connectivity index (χ2v) is 8.50. The SMILES string of the molecule is CCC(C)(C)c1ccc(OCCNc2ccc(OCCCc3ccccc3)cc2)cc1. The second kappa shape index (κ2) is 11.5. The molecular weight excluding hydrogens is 382 g/mol. The maximum atomic E-state index is 5.87. The lowest BCUT2D eigenvalue weighted by Gasteiger charge is -2.23. The average Bonchev–Trinajstić information content (AvgIpc) is 2.81. The lowest BCUT2D eigenvalue weighted by molar-refractivity contribution is 0.311. The third kappa shape index (κ3) is 7.36. The summed E-state index contributed by atoms with van der Waals surface area (Å²) in [5, 5.41) is 3.40. The summed E-state index contributed by atoms with van der Waals surface area (Å²) in [7, 11) is 0. The van der Waals surface area contributed by atoms with Crippen molar-refractivity contribution >= 4 is 5.69 Å². The first-order chi connectivity index (χ1) is 15.1. The van der Waals surface area contributed by atoms with Crippen molar-refractivity contribution in [2.75, 3.05) is 25.1 Å². The molecule has 0 amide bonds. The molecule has 0 radical (unpaired) electrons. The molecule has 3 aromatic carbocycles. The van der Waals surface area contributed by atoms with Crippen molar-refractivity contribution in [1.82, 2.24) is 0 Å². The second-order valence-electron chi connectivity index (χ2n) is 8.50. The molecule has 0 aromatic heterocycles. The van der Waals surface area contributed by atoms with Crippen LogP contribution in [0, 0.1) is 0 Å². The van der Waals surface area contributed by atoms with Crippen LogP contribution in [-0.2, 0) is 11.8 Å². The summed E-state index contributed by atoms with van der Waals surface area (Å²) in [4.78, 5) is 0. The predicted octanol–water partition coefficient (Wildman–Crippen LogP) is 6.88. The van der Waals surface area contributed by atoms with Crippen LogP contribution in [0.15, 0.2) is 78.9 Å². The molecule has 0 unspecified atom stereocenters. The third-order valence-electron chi connectivity index (χ3n) is 5.80. The molecule has 0 bridgehead atoms. The van der Waals surface area contributed by atoms with E-state index in [1.807, 2.05) is 30.3 Å². The van der Waals surface area contributed by atoms with Gasteiger partial charge in [-0.2, -0.15) is 0 Å². The van der Waals surface area contributed by atoms with E-state index in [1.54, 1.807) is 0 Å². The smallest absolute Gasteiger partial charge is 0.119 e. The van der Waals surface area contributed by atoms with Crippen LogP contribution in [0.3, 0.4) is 0 Å². The van der Waals surface area contributed by atoms with E-state index in [4.69, 9.17) is 9.47 Å². The molecular formula is C28H35NO2. The fraction of sp³-hybridized carbons (Fsp3) is 0.357. The molecule has 0 spiro atoms. The quantitative estimate of drug-likeness (QED) is 0.326. The third-order valence-corrected chi connectivity index (χ3v) is 5.80. The molecule has 31 heavy (non-hydrogen) atoms. The van der Waals surface area contributed by atoms with Gasteiger partial charge < -0.3 is 14.8 Å². The Morgan fingerprint density at radius 2 is 1.35 bits per heavy atom. The van der Waals surface area contributed by atoms with Crippen molar-refractivity contribution in [3.63, 3.8) is 0 Å². The van der Waals surface area contributed by atoms with Gasteiger partial charge in [-0.05, 0) is 72.2 Å². The van der Waals surface area contributed by atoms with Gasteiger partial charge in [-0.1, -0.05) is 63.2 Å². The Hall–Kier alpha value is -2.94. The predicted molar refractivity (Wildman–Crippen MR) is 130 cm³/mol. The Morgan fingerprint density at radius 3 is 2.00 bits per heavy atom. The molecule has 0 saturated heterocycles. The molecule has 1 N–H and O–H groups in total. The molecule has 0 heterocycles. The average molecular weight is 418 g/mol.